The van der Waals surface area contributed by atoms with Gasteiger partial charge in [-0.2, -0.15) is 0 Å². The van der Waals surface area contributed by atoms with Gasteiger partial charge in [0.1, 0.15) is 17.3 Å². The van der Waals surface area contributed by atoms with Crippen LogP contribution in [-0.2, 0) is 9.59 Å². The molecule has 1 aliphatic rings. The summed E-state index contributed by atoms with van der Waals surface area (Å²) in [6.07, 6.45) is 0.732. The maximum atomic E-state index is 13.1. The number of amides is 1. The molecule has 33 heavy (non-hydrogen) atoms. The minimum atomic E-state index is -0.680. The first-order valence-electron chi connectivity index (χ1n) is 11.1. The fourth-order valence-corrected chi connectivity index (χ4v) is 3.92. The van der Waals surface area contributed by atoms with Crippen molar-refractivity contribution in [3.63, 3.8) is 0 Å². The molecule has 0 unspecified atom stereocenters. The third-order valence-electron chi connectivity index (χ3n) is 5.48. The van der Waals surface area contributed by atoms with E-state index in [1.165, 1.54) is 0 Å². The van der Waals surface area contributed by atoms with Crippen LogP contribution in [0, 0.1) is 0 Å². The van der Waals surface area contributed by atoms with Crippen LogP contribution in [0.4, 0.5) is 0 Å². The highest BCUT2D eigenvalue weighted by molar-refractivity contribution is 6.46. The van der Waals surface area contributed by atoms with Crippen molar-refractivity contribution < 1.29 is 24.2 Å². The molecule has 2 aromatic rings. The van der Waals surface area contributed by atoms with Crippen molar-refractivity contribution in [3.8, 4) is 11.5 Å². The van der Waals surface area contributed by atoms with Gasteiger partial charge < -0.3 is 24.4 Å². The molecule has 1 amide bonds. The van der Waals surface area contributed by atoms with E-state index >= 15 is 0 Å². The van der Waals surface area contributed by atoms with E-state index in [-0.39, 0.29) is 17.4 Å². The van der Waals surface area contributed by atoms with Gasteiger partial charge in [0.05, 0.1) is 24.8 Å². The smallest absolute Gasteiger partial charge is 0.295 e. The van der Waals surface area contributed by atoms with E-state index < -0.39 is 17.7 Å². The molecule has 0 aliphatic carbocycles. The van der Waals surface area contributed by atoms with E-state index in [1.54, 1.807) is 36.3 Å². The molecule has 176 valence electrons. The summed E-state index contributed by atoms with van der Waals surface area (Å²) in [5.74, 6) is -0.142. The second-order valence-corrected chi connectivity index (χ2v) is 8.61. The molecule has 3 rings (SSSR count). The number of aliphatic hydroxyl groups is 1. The molecular weight excluding hydrogens is 420 g/mol. The molecule has 1 fully saturated rings. The Labute approximate surface area is 195 Å². The molecule has 1 N–H and O–H groups in total. The number of aliphatic hydroxyl groups excluding tert-OH is 1. The Morgan fingerprint density at radius 3 is 2.18 bits per heavy atom. The number of hydrogen-bond donors (Lipinski definition) is 1. The zero-order valence-electron chi connectivity index (χ0n) is 19.9. The zero-order chi connectivity index (χ0) is 24.1. The molecule has 2 aromatic carbocycles. The van der Waals surface area contributed by atoms with Crippen LogP contribution in [0.25, 0.3) is 5.76 Å². The Hall–Kier alpha value is -3.32. The van der Waals surface area contributed by atoms with E-state index in [4.69, 9.17) is 9.47 Å². The summed E-state index contributed by atoms with van der Waals surface area (Å²) in [7, 11) is 5.48. The minimum Gasteiger partial charge on any atom is -0.507 e. The standard InChI is InChI=1S/C26H32N2O5/c1-17(2)33-21-13-7-18(8-14-21)23-22(24(29)19-9-11-20(32-5)12-10-19)25(30)26(31)28(23)16-6-15-27(3)4/h7-14,17,23,29H,6,15-16H2,1-5H3/b24-22+/t23-/m0/s1. The van der Waals surface area contributed by atoms with Crippen LogP contribution in [0.3, 0.4) is 0 Å². The summed E-state index contributed by atoms with van der Waals surface area (Å²) in [6, 6.07) is 13.4. The van der Waals surface area contributed by atoms with Crippen molar-refractivity contribution in [1.29, 1.82) is 0 Å². The summed E-state index contributed by atoms with van der Waals surface area (Å²) in [5.41, 5.74) is 1.28. The van der Waals surface area contributed by atoms with Crippen LogP contribution in [0.1, 0.15) is 37.4 Å². The largest absolute Gasteiger partial charge is 0.507 e. The fourth-order valence-electron chi connectivity index (χ4n) is 3.92. The number of ether oxygens (including phenoxy) is 2. The zero-order valence-corrected chi connectivity index (χ0v) is 19.9. The number of rotatable bonds is 9. The van der Waals surface area contributed by atoms with Crippen LogP contribution in [0.2, 0.25) is 0 Å². The quantitative estimate of drug-likeness (QED) is 0.354. The van der Waals surface area contributed by atoms with Crippen LogP contribution in [0.15, 0.2) is 54.1 Å². The van der Waals surface area contributed by atoms with Crippen molar-refractivity contribution in [1.82, 2.24) is 9.80 Å². The molecule has 0 spiro atoms. The maximum Gasteiger partial charge on any atom is 0.295 e. The number of hydrogen-bond acceptors (Lipinski definition) is 6. The highest BCUT2D eigenvalue weighted by atomic mass is 16.5. The first kappa shape index (κ1) is 24.3. The molecule has 0 bridgehead atoms. The number of carbonyl (C=O) groups excluding carboxylic acids is 2. The van der Waals surface area contributed by atoms with Crippen molar-refractivity contribution in [3.05, 3.63) is 65.2 Å². The lowest BCUT2D eigenvalue weighted by Gasteiger charge is -2.26. The van der Waals surface area contributed by atoms with Gasteiger partial charge in [-0.1, -0.05) is 12.1 Å². The van der Waals surface area contributed by atoms with Gasteiger partial charge in [0.2, 0.25) is 0 Å². The fraction of sp³-hybridized carbons (Fsp3) is 0.385. The SMILES string of the molecule is COc1ccc(/C(O)=C2\C(=O)C(=O)N(CCCN(C)C)[C@H]2c2ccc(OC(C)C)cc2)cc1. The number of benzene rings is 2. The van der Waals surface area contributed by atoms with Crippen molar-refractivity contribution in [2.45, 2.75) is 32.4 Å². The lowest BCUT2D eigenvalue weighted by atomic mass is 9.95. The third kappa shape index (κ3) is 5.54. The first-order valence-corrected chi connectivity index (χ1v) is 11.1. The Bertz CT molecular complexity index is 1010. The molecule has 7 nitrogen and oxygen atoms in total. The van der Waals surface area contributed by atoms with E-state index in [2.05, 4.69) is 0 Å². The van der Waals surface area contributed by atoms with Gasteiger partial charge in [0.25, 0.3) is 11.7 Å². The Morgan fingerprint density at radius 2 is 1.64 bits per heavy atom. The summed E-state index contributed by atoms with van der Waals surface area (Å²) < 4.78 is 10.9. The number of methoxy groups -OCH3 is 1. The summed E-state index contributed by atoms with van der Waals surface area (Å²) in [5, 5.41) is 11.1. The number of likely N-dealkylation sites (tertiary alicyclic amines) is 1. The van der Waals surface area contributed by atoms with E-state index in [0.29, 0.717) is 30.0 Å². The minimum absolute atomic E-state index is 0.0302. The molecule has 0 saturated carbocycles. The van der Waals surface area contributed by atoms with Gasteiger partial charge in [-0.15, -0.1) is 0 Å². The molecular formula is C26H32N2O5. The topological polar surface area (TPSA) is 79.3 Å². The molecule has 0 radical (unpaired) electrons. The monoisotopic (exact) mass is 452 g/mol. The van der Waals surface area contributed by atoms with Crippen LogP contribution < -0.4 is 9.47 Å². The van der Waals surface area contributed by atoms with Gasteiger partial charge in [-0.05, 0) is 82.9 Å². The average molecular weight is 453 g/mol. The Balaban J connectivity index is 2.04. The van der Waals surface area contributed by atoms with Crippen LogP contribution in [-0.4, -0.2) is 67.0 Å². The van der Waals surface area contributed by atoms with Gasteiger partial charge in [-0.25, -0.2) is 0 Å². The maximum absolute atomic E-state index is 13.1. The number of nitrogens with zero attached hydrogens (tertiary/aromatic N) is 2. The molecule has 7 heteroatoms. The molecule has 1 aliphatic heterocycles. The predicted molar refractivity (Wildman–Crippen MR) is 127 cm³/mol. The number of carbonyl (C=O) groups is 2. The van der Waals surface area contributed by atoms with E-state index in [9.17, 15) is 14.7 Å². The lowest BCUT2D eigenvalue weighted by molar-refractivity contribution is -0.139. The molecule has 1 heterocycles. The summed E-state index contributed by atoms with van der Waals surface area (Å²) in [4.78, 5) is 29.7. The van der Waals surface area contributed by atoms with Crippen molar-refractivity contribution in [2.24, 2.45) is 0 Å². The first-order chi connectivity index (χ1) is 15.7. The van der Waals surface area contributed by atoms with Crippen molar-refractivity contribution >= 4 is 17.4 Å². The summed E-state index contributed by atoms with van der Waals surface area (Å²) in [6.45, 7) is 5.07. The van der Waals surface area contributed by atoms with Gasteiger partial charge in [0, 0.05) is 12.1 Å². The average Bonchev–Trinajstić information content (AvgIpc) is 3.03. The van der Waals surface area contributed by atoms with Gasteiger partial charge in [-0.3, -0.25) is 9.59 Å². The highest BCUT2D eigenvalue weighted by Gasteiger charge is 2.45. The van der Waals surface area contributed by atoms with Crippen LogP contribution >= 0.6 is 0 Å². The Kier molecular flexibility index (Phi) is 7.76. The molecule has 1 atom stereocenters. The number of ketones is 1. The second kappa shape index (κ2) is 10.5. The van der Waals surface area contributed by atoms with Crippen molar-refractivity contribution in [2.75, 3.05) is 34.3 Å². The highest BCUT2D eigenvalue weighted by Crippen LogP contribution is 2.40. The summed E-state index contributed by atoms with van der Waals surface area (Å²) >= 11 is 0. The van der Waals surface area contributed by atoms with Gasteiger partial charge in [0.15, 0.2) is 0 Å². The third-order valence-corrected chi connectivity index (χ3v) is 5.48. The Morgan fingerprint density at radius 1 is 1.03 bits per heavy atom. The number of Topliss-reactive ketones (excluding diaryl/α,β-unsaturated/α-hetero) is 1. The van der Waals surface area contributed by atoms with E-state index in [1.807, 2.05) is 57.1 Å². The molecule has 1 saturated heterocycles. The van der Waals surface area contributed by atoms with Crippen LogP contribution in [0.5, 0.6) is 11.5 Å². The van der Waals surface area contributed by atoms with E-state index in [0.717, 1.165) is 12.1 Å². The molecule has 0 aromatic heterocycles. The lowest BCUT2D eigenvalue weighted by Crippen LogP contribution is -2.32. The second-order valence-electron chi connectivity index (χ2n) is 8.61. The normalized spacial score (nSPS) is 17.8. The predicted octanol–water partition coefficient (Wildman–Crippen LogP) is 3.86. The van der Waals surface area contributed by atoms with Gasteiger partial charge >= 0.3 is 0 Å².